The zero-order valence-electron chi connectivity index (χ0n) is 24.2. The minimum absolute atomic E-state index is 0.0123. The number of carbonyl (C=O) groups is 2. The molecular formula is C35H44O5. The van der Waals surface area contributed by atoms with E-state index in [2.05, 4.69) is 20.8 Å². The first-order chi connectivity index (χ1) is 19.1. The van der Waals surface area contributed by atoms with Crippen LogP contribution in [0.2, 0.25) is 0 Å². The third-order valence-electron chi connectivity index (χ3n) is 12.4. The topological polar surface area (TPSA) is 72.8 Å². The summed E-state index contributed by atoms with van der Waals surface area (Å²) in [5.74, 6) is 0.943. The molecule has 4 aliphatic carbocycles. The number of aliphatic hydroxyl groups excluding tert-OH is 1. The smallest absolute Gasteiger partial charge is 0.338 e. The van der Waals surface area contributed by atoms with Gasteiger partial charge >= 0.3 is 11.9 Å². The summed E-state index contributed by atoms with van der Waals surface area (Å²) in [6, 6.07) is 18.4. The Bertz CT molecular complexity index is 1240. The Hall–Kier alpha value is -2.66. The second-order valence-electron chi connectivity index (χ2n) is 14.1. The Morgan fingerprint density at radius 1 is 0.775 bits per heavy atom. The van der Waals surface area contributed by atoms with Gasteiger partial charge in [-0.1, -0.05) is 57.2 Å². The van der Waals surface area contributed by atoms with Crippen molar-refractivity contribution in [3.05, 3.63) is 71.8 Å². The van der Waals surface area contributed by atoms with E-state index in [1.807, 2.05) is 48.5 Å². The normalized spacial score (nSPS) is 40.0. The van der Waals surface area contributed by atoms with Gasteiger partial charge in [0.25, 0.3) is 0 Å². The minimum atomic E-state index is -0.481. The molecule has 40 heavy (non-hydrogen) atoms. The highest BCUT2D eigenvalue weighted by atomic mass is 16.5. The van der Waals surface area contributed by atoms with Gasteiger partial charge in [-0.3, -0.25) is 0 Å². The molecule has 0 radical (unpaired) electrons. The van der Waals surface area contributed by atoms with Gasteiger partial charge in [0, 0.05) is 10.8 Å². The van der Waals surface area contributed by atoms with Gasteiger partial charge in [-0.05, 0) is 104 Å². The lowest BCUT2D eigenvalue weighted by atomic mass is 9.39. The largest absolute Gasteiger partial charge is 0.462 e. The van der Waals surface area contributed by atoms with Crippen LogP contribution in [0.5, 0.6) is 0 Å². The molecule has 0 aromatic heterocycles. The molecule has 5 nitrogen and oxygen atoms in total. The van der Waals surface area contributed by atoms with E-state index in [1.165, 1.54) is 12.8 Å². The second-order valence-corrected chi connectivity index (χ2v) is 14.1. The molecule has 1 N–H and O–H groups in total. The van der Waals surface area contributed by atoms with Crippen molar-refractivity contribution in [3.8, 4) is 0 Å². The summed E-state index contributed by atoms with van der Waals surface area (Å²) in [5, 5.41) is 11.4. The summed E-state index contributed by atoms with van der Waals surface area (Å²) in [6.45, 7) is 7.71. The van der Waals surface area contributed by atoms with Gasteiger partial charge in [0.15, 0.2) is 0 Å². The van der Waals surface area contributed by atoms with Crippen LogP contribution in [0.15, 0.2) is 60.7 Å². The number of rotatable bonds is 6. The molecule has 1 spiro atoms. The van der Waals surface area contributed by atoms with Gasteiger partial charge < -0.3 is 14.6 Å². The molecule has 0 heterocycles. The first-order valence-corrected chi connectivity index (χ1v) is 15.2. The summed E-state index contributed by atoms with van der Waals surface area (Å²) in [7, 11) is 0. The van der Waals surface area contributed by atoms with Crippen LogP contribution in [-0.2, 0) is 9.47 Å². The first kappa shape index (κ1) is 27.5. The van der Waals surface area contributed by atoms with Crippen LogP contribution >= 0.6 is 0 Å². The number of aliphatic hydroxyl groups is 1. The molecule has 4 aliphatic rings. The first-order valence-electron chi connectivity index (χ1n) is 15.2. The van der Waals surface area contributed by atoms with Crippen molar-refractivity contribution in [2.24, 2.45) is 39.4 Å². The summed E-state index contributed by atoms with van der Waals surface area (Å²) in [6.07, 6.45) is 8.06. The third-order valence-corrected chi connectivity index (χ3v) is 12.4. The molecule has 2 aromatic rings. The zero-order chi connectivity index (χ0) is 28.2. The van der Waals surface area contributed by atoms with Crippen LogP contribution in [0, 0.1) is 39.4 Å². The zero-order valence-corrected chi connectivity index (χ0v) is 24.2. The molecule has 4 fully saturated rings. The van der Waals surface area contributed by atoms with E-state index in [4.69, 9.17) is 9.47 Å². The number of fused-ring (bicyclic) bond motifs is 2. The molecule has 5 heteroatoms. The summed E-state index contributed by atoms with van der Waals surface area (Å²) in [5.41, 5.74) is 0.998. The number of hydrogen-bond donors (Lipinski definition) is 1. The van der Waals surface area contributed by atoms with Gasteiger partial charge in [-0.15, -0.1) is 0 Å². The summed E-state index contributed by atoms with van der Waals surface area (Å²) < 4.78 is 11.8. The average molecular weight is 545 g/mol. The van der Waals surface area contributed by atoms with Crippen molar-refractivity contribution in [2.45, 2.75) is 78.2 Å². The van der Waals surface area contributed by atoms with Crippen molar-refractivity contribution in [1.82, 2.24) is 0 Å². The Morgan fingerprint density at radius 3 is 2.00 bits per heavy atom. The van der Waals surface area contributed by atoms with Gasteiger partial charge in [-0.2, -0.15) is 0 Å². The monoisotopic (exact) mass is 544 g/mol. The van der Waals surface area contributed by atoms with Crippen LogP contribution in [0.25, 0.3) is 0 Å². The van der Waals surface area contributed by atoms with E-state index < -0.39 is 11.5 Å². The van der Waals surface area contributed by atoms with E-state index in [0.717, 1.165) is 38.5 Å². The Balaban J connectivity index is 1.19. The summed E-state index contributed by atoms with van der Waals surface area (Å²) >= 11 is 0. The maximum absolute atomic E-state index is 12.9. The Morgan fingerprint density at radius 2 is 1.38 bits per heavy atom. The molecule has 4 saturated carbocycles. The molecule has 0 aliphatic heterocycles. The van der Waals surface area contributed by atoms with Crippen molar-refractivity contribution >= 4 is 11.9 Å². The fourth-order valence-electron chi connectivity index (χ4n) is 9.85. The molecule has 0 amide bonds. The van der Waals surface area contributed by atoms with E-state index in [9.17, 15) is 14.7 Å². The predicted octanol–water partition coefficient (Wildman–Crippen LogP) is 7.09. The maximum atomic E-state index is 12.9. The molecule has 8 atom stereocenters. The van der Waals surface area contributed by atoms with Gasteiger partial charge in [0.05, 0.1) is 30.4 Å². The van der Waals surface area contributed by atoms with Crippen LogP contribution in [0.3, 0.4) is 0 Å². The number of ether oxygens (including phenoxy) is 2. The summed E-state index contributed by atoms with van der Waals surface area (Å²) in [4.78, 5) is 25.6. The van der Waals surface area contributed by atoms with E-state index in [1.54, 1.807) is 12.1 Å². The van der Waals surface area contributed by atoms with Gasteiger partial charge in [0.1, 0.15) is 0 Å². The third kappa shape index (κ3) is 4.22. The predicted molar refractivity (Wildman–Crippen MR) is 154 cm³/mol. The van der Waals surface area contributed by atoms with Crippen molar-refractivity contribution in [2.75, 3.05) is 13.2 Å². The van der Waals surface area contributed by atoms with Crippen LogP contribution < -0.4 is 0 Å². The van der Waals surface area contributed by atoms with E-state index in [0.29, 0.717) is 35.5 Å². The maximum Gasteiger partial charge on any atom is 0.338 e. The standard InChI is InChI=1S/C35H44O5/c1-32(22-39-30(37)24-10-6-4-7-11-24)18-19-35-21-27(32)20-26(35)14-15-28-33(2,29(36)16-17-34(28,35)3)23-40-31(38)25-12-8-5-9-13-25/h4-13,26-29,36H,14-23H2,1-3H3/t26-,27+,28-,29+,32+,33-,34-,35-/m1/s1. The molecule has 6 rings (SSSR count). The van der Waals surface area contributed by atoms with Gasteiger partial charge in [0.2, 0.25) is 0 Å². The van der Waals surface area contributed by atoms with Crippen molar-refractivity contribution < 1.29 is 24.2 Å². The molecule has 2 aromatic carbocycles. The number of esters is 2. The SMILES string of the molecule is C[C@@]1(COC(=O)c2ccccc2)CC[C@@]23C[C@@H]1C[C@H]2CC[C@@H]1[C@@](C)(COC(=O)c2ccccc2)[C@@H](O)CC[C@]13C. The molecule has 2 bridgehead atoms. The lowest BCUT2D eigenvalue weighted by Crippen LogP contribution is -2.63. The molecular weight excluding hydrogens is 500 g/mol. The highest BCUT2D eigenvalue weighted by Gasteiger charge is 2.70. The van der Waals surface area contributed by atoms with E-state index >= 15 is 0 Å². The number of carbonyl (C=O) groups excluding carboxylic acids is 2. The van der Waals surface area contributed by atoms with Crippen LogP contribution in [-0.4, -0.2) is 36.4 Å². The van der Waals surface area contributed by atoms with Crippen molar-refractivity contribution in [3.63, 3.8) is 0 Å². The average Bonchev–Trinajstić information content (AvgIpc) is 3.33. The van der Waals surface area contributed by atoms with Crippen molar-refractivity contribution in [1.29, 1.82) is 0 Å². The van der Waals surface area contributed by atoms with Gasteiger partial charge in [-0.25, -0.2) is 9.59 Å². The molecule has 0 unspecified atom stereocenters. The number of hydrogen-bond acceptors (Lipinski definition) is 5. The van der Waals surface area contributed by atoms with E-state index in [-0.39, 0.29) is 34.8 Å². The van der Waals surface area contributed by atoms with Crippen LogP contribution in [0.1, 0.15) is 92.9 Å². The highest BCUT2D eigenvalue weighted by molar-refractivity contribution is 5.89. The lowest BCUT2D eigenvalue weighted by molar-refractivity contribution is -0.211. The highest BCUT2D eigenvalue weighted by Crippen LogP contribution is 2.76. The fourth-order valence-corrected chi connectivity index (χ4v) is 9.85. The molecule has 0 saturated heterocycles. The number of benzene rings is 2. The second kappa shape index (κ2) is 10.0. The quantitative estimate of drug-likeness (QED) is 0.393. The van der Waals surface area contributed by atoms with Crippen LogP contribution in [0.4, 0.5) is 0 Å². The Labute approximate surface area is 238 Å². The molecule has 214 valence electrons. The fraction of sp³-hybridized carbons (Fsp3) is 0.600. The Kier molecular flexibility index (Phi) is 6.88. The minimum Gasteiger partial charge on any atom is -0.462 e. The lowest BCUT2D eigenvalue weighted by Gasteiger charge is -2.66.